The van der Waals surface area contributed by atoms with Crippen LogP contribution in [0.15, 0.2) is 53.5 Å². The third kappa shape index (κ3) is 2.81. The zero-order valence-electron chi connectivity index (χ0n) is 14.1. The fourth-order valence-corrected chi connectivity index (χ4v) is 2.91. The van der Waals surface area contributed by atoms with Crippen LogP contribution in [0.1, 0.15) is 11.5 Å². The van der Waals surface area contributed by atoms with Gasteiger partial charge >= 0.3 is 0 Å². The van der Waals surface area contributed by atoms with Gasteiger partial charge in [-0.15, -0.1) is 10.2 Å². The molecular formula is C18H16N6O2. The molecule has 0 bridgehead atoms. The molecule has 1 aromatic carbocycles. The highest BCUT2D eigenvalue weighted by atomic mass is 16.1. The lowest BCUT2D eigenvalue weighted by Gasteiger charge is -2.08. The maximum atomic E-state index is 12.4. The number of benzene rings is 1. The van der Waals surface area contributed by atoms with E-state index in [1.807, 2.05) is 34.9 Å². The predicted molar refractivity (Wildman–Crippen MR) is 95.5 cm³/mol. The smallest absolute Gasteiger partial charge is 0.274 e. The Hall–Kier alpha value is -3.55. The number of rotatable bonds is 4. The summed E-state index contributed by atoms with van der Waals surface area (Å²) in [7, 11) is 1.58. The first-order valence-electron chi connectivity index (χ1n) is 8.14. The van der Waals surface area contributed by atoms with E-state index in [1.165, 1.54) is 4.68 Å². The first-order valence-corrected chi connectivity index (χ1v) is 8.14. The van der Waals surface area contributed by atoms with Crippen LogP contribution in [0.5, 0.6) is 0 Å². The second-order valence-corrected chi connectivity index (χ2v) is 5.92. The van der Waals surface area contributed by atoms with Gasteiger partial charge in [0.2, 0.25) is 5.91 Å². The standard InChI is InChI=1S/C18H16N6O2/c1-23-18(26)13-7-3-2-6-12(13)14(22-23)10-17(25)19-11-16-21-20-15-8-4-5-9-24(15)16/h2-9H,10-11H2,1H3,(H,19,25). The minimum absolute atomic E-state index is 0.0748. The van der Waals surface area contributed by atoms with E-state index in [-0.39, 0.29) is 24.4 Å². The summed E-state index contributed by atoms with van der Waals surface area (Å²) >= 11 is 0. The third-order valence-electron chi connectivity index (χ3n) is 4.19. The highest BCUT2D eigenvalue weighted by Crippen LogP contribution is 2.13. The Morgan fingerprint density at radius 2 is 1.85 bits per heavy atom. The molecule has 0 aliphatic rings. The Morgan fingerprint density at radius 1 is 1.08 bits per heavy atom. The van der Waals surface area contributed by atoms with E-state index in [4.69, 9.17) is 0 Å². The largest absolute Gasteiger partial charge is 0.348 e. The van der Waals surface area contributed by atoms with Crippen molar-refractivity contribution in [1.29, 1.82) is 0 Å². The number of nitrogens with one attached hydrogen (secondary N) is 1. The van der Waals surface area contributed by atoms with Crippen LogP contribution in [0.25, 0.3) is 16.4 Å². The van der Waals surface area contributed by atoms with Gasteiger partial charge in [-0.25, -0.2) is 4.68 Å². The van der Waals surface area contributed by atoms with Crippen LogP contribution < -0.4 is 10.9 Å². The van der Waals surface area contributed by atoms with Gasteiger partial charge in [0.1, 0.15) is 0 Å². The molecule has 8 nitrogen and oxygen atoms in total. The molecule has 130 valence electrons. The van der Waals surface area contributed by atoms with E-state index in [9.17, 15) is 9.59 Å². The lowest BCUT2D eigenvalue weighted by atomic mass is 10.1. The number of aromatic nitrogens is 5. The molecule has 3 heterocycles. The molecule has 0 saturated heterocycles. The molecule has 1 amide bonds. The molecule has 0 fully saturated rings. The fourth-order valence-electron chi connectivity index (χ4n) is 2.91. The van der Waals surface area contributed by atoms with Gasteiger partial charge in [-0.1, -0.05) is 24.3 Å². The first-order chi connectivity index (χ1) is 12.6. The second kappa shape index (κ2) is 6.40. The van der Waals surface area contributed by atoms with Crippen molar-refractivity contribution in [3.05, 3.63) is 70.5 Å². The normalized spacial score (nSPS) is 11.1. The monoisotopic (exact) mass is 348 g/mol. The van der Waals surface area contributed by atoms with Crippen molar-refractivity contribution >= 4 is 22.3 Å². The molecule has 0 unspecified atom stereocenters. The number of pyridine rings is 1. The zero-order valence-corrected chi connectivity index (χ0v) is 14.1. The first kappa shape index (κ1) is 15.9. The molecule has 1 N–H and O–H groups in total. The van der Waals surface area contributed by atoms with Crippen LogP contribution in [0, 0.1) is 0 Å². The van der Waals surface area contributed by atoms with E-state index >= 15 is 0 Å². The number of amides is 1. The molecule has 0 atom stereocenters. The summed E-state index contributed by atoms with van der Waals surface area (Å²) in [6.07, 6.45) is 1.92. The molecule has 0 aliphatic heterocycles. The molecule has 4 rings (SSSR count). The van der Waals surface area contributed by atoms with Crippen molar-refractivity contribution in [3.63, 3.8) is 0 Å². The summed E-state index contributed by atoms with van der Waals surface area (Å²) < 4.78 is 3.08. The van der Waals surface area contributed by atoms with Gasteiger partial charge in [0.15, 0.2) is 11.5 Å². The molecule has 0 saturated carbocycles. The Morgan fingerprint density at radius 3 is 2.69 bits per heavy atom. The minimum Gasteiger partial charge on any atom is -0.348 e. The number of fused-ring (bicyclic) bond motifs is 2. The molecule has 0 aliphatic carbocycles. The summed E-state index contributed by atoms with van der Waals surface area (Å²) in [5.74, 6) is 0.446. The van der Waals surface area contributed by atoms with Gasteiger partial charge in [0, 0.05) is 18.6 Å². The molecule has 4 aromatic rings. The lowest BCUT2D eigenvalue weighted by Crippen LogP contribution is -2.28. The molecule has 8 heteroatoms. The van der Waals surface area contributed by atoms with E-state index in [0.717, 1.165) is 5.65 Å². The van der Waals surface area contributed by atoms with E-state index in [1.54, 1.807) is 25.2 Å². The molecule has 0 radical (unpaired) electrons. The minimum atomic E-state index is -0.200. The summed E-state index contributed by atoms with van der Waals surface area (Å²) in [5.41, 5.74) is 1.11. The SMILES string of the molecule is Cn1nc(CC(=O)NCc2nnc3ccccn23)c2ccccc2c1=O. The van der Waals surface area contributed by atoms with Gasteiger partial charge in [0.05, 0.1) is 24.0 Å². The number of hydrogen-bond donors (Lipinski definition) is 1. The van der Waals surface area contributed by atoms with Crippen LogP contribution in [-0.2, 0) is 24.8 Å². The van der Waals surface area contributed by atoms with E-state index < -0.39 is 0 Å². The van der Waals surface area contributed by atoms with Crippen molar-refractivity contribution in [3.8, 4) is 0 Å². The van der Waals surface area contributed by atoms with Crippen molar-refractivity contribution in [2.45, 2.75) is 13.0 Å². The average molecular weight is 348 g/mol. The topological polar surface area (TPSA) is 94.2 Å². The number of aryl methyl sites for hydroxylation is 1. The van der Waals surface area contributed by atoms with Crippen LogP contribution in [0.3, 0.4) is 0 Å². The Balaban J connectivity index is 1.55. The number of nitrogens with zero attached hydrogens (tertiary/aromatic N) is 5. The van der Waals surface area contributed by atoms with Crippen LogP contribution in [0.2, 0.25) is 0 Å². The lowest BCUT2D eigenvalue weighted by molar-refractivity contribution is -0.120. The number of carbonyl (C=O) groups excluding carboxylic acids is 1. The molecule has 26 heavy (non-hydrogen) atoms. The molecular weight excluding hydrogens is 332 g/mol. The number of hydrogen-bond acceptors (Lipinski definition) is 5. The van der Waals surface area contributed by atoms with Gasteiger partial charge in [0.25, 0.3) is 5.56 Å². The maximum absolute atomic E-state index is 12.4. The quantitative estimate of drug-likeness (QED) is 0.590. The van der Waals surface area contributed by atoms with Gasteiger partial charge < -0.3 is 5.32 Å². The van der Waals surface area contributed by atoms with Crippen LogP contribution in [0.4, 0.5) is 0 Å². The Bertz CT molecular complexity index is 1180. The zero-order chi connectivity index (χ0) is 18.1. The summed E-state index contributed by atoms with van der Waals surface area (Å²) in [6, 6.07) is 12.8. The fraction of sp³-hybridized carbons (Fsp3) is 0.167. The van der Waals surface area contributed by atoms with Crippen molar-refractivity contribution < 1.29 is 4.79 Å². The van der Waals surface area contributed by atoms with Gasteiger partial charge in [-0.3, -0.25) is 14.0 Å². The Kier molecular flexibility index (Phi) is 3.92. The third-order valence-corrected chi connectivity index (χ3v) is 4.19. The summed E-state index contributed by atoms with van der Waals surface area (Å²) in [4.78, 5) is 24.5. The second-order valence-electron chi connectivity index (χ2n) is 5.92. The average Bonchev–Trinajstić information content (AvgIpc) is 3.07. The molecule has 3 aromatic heterocycles. The highest BCUT2D eigenvalue weighted by molar-refractivity contribution is 5.88. The van der Waals surface area contributed by atoms with Crippen LogP contribution in [-0.4, -0.2) is 30.3 Å². The van der Waals surface area contributed by atoms with E-state index in [0.29, 0.717) is 22.3 Å². The van der Waals surface area contributed by atoms with Crippen molar-refractivity contribution in [2.24, 2.45) is 7.05 Å². The predicted octanol–water partition coefficient (Wildman–Crippen LogP) is 0.835. The Labute approximate surface area is 148 Å². The molecule has 0 spiro atoms. The van der Waals surface area contributed by atoms with Crippen molar-refractivity contribution in [1.82, 2.24) is 29.7 Å². The van der Waals surface area contributed by atoms with Crippen molar-refractivity contribution in [2.75, 3.05) is 0 Å². The van der Waals surface area contributed by atoms with Gasteiger partial charge in [-0.05, 0) is 18.2 Å². The van der Waals surface area contributed by atoms with Crippen LogP contribution >= 0.6 is 0 Å². The summed E-state index contributed by atoms with van der Waals surface area (Å²) in [5, 5.41) is 16.5. The van der Waals surface area contributed by atoms with Gasteiger partial charge in [-0.2, -0.15) is 5.10 Å². The number of carbonyl (C=O) groups is 1. The summed E-state index contributed by atoms with van der Waals surface area (Å²) in [6.45, 7) is 0.258. The van der Waals surface area contributed by atoms with E-state index in [2.05, 4.69) is 20.6 Å². The maximum Gasteiger partial charge on any atom is 0.274 e. The highest BCUT2D eigenvalue weighted by Gasteiger charge is 2.13.